The number of benzene rings is 1. The Morgan fingerprint density at radius 2 is 1.90 bits per heavy atom. The van der Waals surface area contributed by atoms with Crippen LogP contribution in [0.25, 0.3) is 22.0 Å². The number of aryl methyl sites for hydroxylation is 1. The number of halogens is 2. The molecule has 7 heteroatoms. The molecule has 0 bridgehead atoms. The molecule has 2 aliphatic carbocycles. The maximum absolute atomic E-state index is 13.6. The Morgan fingerprint density at radius 1 is 1.13 bits per heavy atom. The third kappa shape index (κ3) is 4.12. The van der Waals surface area contributed by atoms with Crippen molar-refractivity contribution < 1.29 is 13.5 Å². The molecule has 0 amide bonds. The van der Waals surface area contributed by atoms with Crippen molar-refractivity contribution in [3.05, 3.63) is 47.0 Å². The van der Waals surface area contributed by atoms with Crippen LogP contribution in [-0.4, -0.2) is 26.8 Å². The van der Waals surface area contributed by atoms with Crippen LogP contribution in [0, 0.1) is 0 Å². The molecule has 0 atom stereocenters. The largest absolute Gasteiger partial charge is 0.490 e. The van der Waals surface area contributed by atoms with Crippen LogP contribution in [0.4, 0.5) is 8.78 Å². The average Bonchev–Trinajstić information content (AvgIpc) is 3.20. The summed E-state index contributed by atoms with van der Waals surface area (Å²) in [7, 11) is 1.74. The summed E-state index contributed by atoms with van der Waals surface area (Å²) in [5, 5.41) is 1.49. The molecular weight excluding hydrogens is 418 g/mol. The summed E-state index contributed by atoms with van der Waals surface area (Å²) in [5.74, 6) is -1.89. The highest BCUT2D eigenvalue weighted by Gasteiger charge is 2.36. The molecule has 2 saturated carbocycles. The molecule has 2 aromatic heterocycles. The SMILES string of the molecule is Cn1cc(-c2cc(SC3CCC3)ccc2OC2CCC(F)(F)CC2)c2cc[nH]c2c1=O. The minimum atomic E-state index is -2.58. The fourth-order valence-electron chi connectivity index (χ4n) is 4.37. The second-order valence-electron chi connectivity index (χ2n) is 8.73. The summed E-state index contributed by atoms with van der Waals surface area (Å²) in [5.41, 5.74) is 2.29. The van der Waals surface area contributed by atoms with Gasteiger partial charge in [-0.05, 0) is 49.9 Å². The molecule has 2 aliphatic rings. The first-order valence-corrected chi connectivity index (χ1v) is 11.8. The van der Waals surface area contributed by atoms with Gasteiger partial charge in [-0.15, -0.1) is 11.8 Å². The zero-order valence-corrected chi connectivity index (χ0v) is 18.3. The molecule has 5 rings (SSSR count). The van der Waals surface area contributed by atoms with Crippen molar-refractivity contribution in [2.24, 2.45) is 7.05 Å². The predicted molar refractivity (Wildman–Crippen MR) is 120 cm³/mol. The molecule has 0 saturated heterocycles. The number of ether oxygens (including phenoxy) is 1. The van der Waals surface area contributed by atoms with Gasteiger partial charge in [0.2, 0.25) is 5.92 Å². The van der Waals surface area contributed by atoms with Crippen molar-refractivity contribution in [3.63, 3.8) is 0 Å². The number of rotatable bonds is 5. The van der Waals surface area contributed by atoms with E-state index in [0.29, 0.717) is 29.4 Å². The van der Waals surface area contributed by atoms with E-state index >= 15 is 0 Å². The topological polar surface area (TPSA) is 47.0 Å². The van der Waals surface area contributed by atoms with Gasteiger partial charge in [-0.3, -0.25) is 4.79 Å². The molecule has 2 fully saturated rings. The first kappa shape index (κ1) is 20.6. The van der Waals surface area contributed by atoms with Gasteiger partial charge in [-0.25, -0.2) is 8.78 Å². The normalized spacial score (nSPS) is 19.5. The maximum Gasteiger partial charge on any atom is 0.274 e. The number of nitrogens with zero attached hydrogens (tertiary/aromatic N) is 1. The van der Waals surface area contributed by atoms with Crippen LogP contribution in [0.1, 0.15) is 44.9 Å². The van der Waals surface area contributed by atoms with Crippen LogP contribution >= 0.6 is 11.8 Å². The van der Waals surface area contributed by atoms with Gasteiger partial charge in [0.05, 0.1) is 6.10 Å². The number of pyridine rings is 1. The van der Waals surface area contributed by atoms with E-state index in [2.05, 4.69) is 17.1 Å². The van der Waals surface area contributed by atoms with Gasteiger partial charge in [0, 0.05) is 58.9 Å². The predicted octanol–water partition coefficient (Wildman–Crippen LogP) is 6.13. The zero-order chi connectivity index (χ0) is 21.6. The first-order chi connectivity index (χ1) is 14.9. The molecule has 0 spiro atoms. The number of H-pyrrole nitrogens is 1. The van der Waals surface area contributed by atoms with Crippen molar-refractivity contribution in [2.75, 3.05) is 0 Å². The Labute approximate surface area is 184 Å². The minimum Gasteiger partial charge on any atom is -0.490 e. The molecule has 2 heterocycles. The molecule has 4 nitrogen and oxygen atoms in total. The number of thioether (sulfide) groups is 1. The van der Waals surface area contributed by atoms with E-state index in [9.17, 15) is 13.6 Å². The van der Waals surface area contributed by atoms with Crippen LogP contribution in [-0.2, 0) is 7.05 Å². The Morgan fingerprint density at radius 3 is 2.61 bits per heavy atom. The Bertz CT molecular complexity index is 1160. The number of aromatic amines is 1. The van der Waals surface area contributed by atoms with E-state index in [4.69, 9.17) is 4.74 Å². The molecule has 0 unspecified atom stereocenters. The van der Waals surface area contributed by atoms with Gasteiger partial charge < -0.3 is 14.3 Å². The molecule has 0 radical (unpaired) electrons. The summed E-state index contributed by atoms with van der Waals surface area (Å²) >= 11 is 1.88. The first-order valence-electron chi connectivity index (χ1n) is 10.9. The highest BCUT2D eigenvalue weighted by atomic mass is 32.2. The lowest BCUT2D eigenvalue weighted by molar-refractivity contribution is -0.0581. The molecule has 164 valence electrons. The van der Waals surface area contributed by atoms with Crippen molar-refractivity contribution in [1.82, 2.24) is 9.55 Å². The fraction of sp³-hybridized carbons (Fsp3) is 0.458. The average molecular weight is 445 g/mol. The van der Waals surface area contributed by atoms with Crippen LogP contribution in [0.3, 0.4) is 0 Å². The van der Waals surface area contributed by atoms with Gasteiger partial charge in [0.1, 0.15) is 11.3 Å². The number of fused-ring (bicyclic) bond motifs is 1. The third-order valence-corrected chi connectivity index (χ3v) is 7.78. The standard InChI is InChI=1S/C24H26F2N2O2S/c1-28-14-20(18-9-12-27-22(18)23(28)29)19-13-17(31-16-3-2-4-16)5-6-21(19)30-15-7-10-24(25,26)11-8-15/h5-6,9,12-16,27H,2-4,7-8,10-11H2,1H3. The summed E-state index contributed by atoms with van der Waals surface area (Å²) < 4.78 is 35.1. The quantitative estimate of drug-likeness (QED) is 0.515. The number of nitrogens with one attached hydrogen (secondary N) is 1. The number of hydrogen-bond donors (Lipinski definition) is 1. The smallest absolute Gasteiger partial charge is 0.274 e. The van der Waals surface area contributed by atoms with Crippen LogP contribution in [0.15, 0.2) is 46.3 Å². The van der Waals surface area contributed by atoms with E-state index in [1.807, 2.05) is 30.1 Å². The van der Waals surface area contributed by atoms with Crippen LogP contribution in [0.5, 0.6) is 5.75 Å². The van der Waals surface area contributed by atoms with E-state index < -0.39 is 5.92 Å². The van der Waals surface area contributed by atoms with E-state index in [1.165, 1.54) is 24.2 Å². The summed E-state index contributed by atoms with van der Waals surface area (Å²) in [4.78, 5) is 16.7. The molecule has 31 heavy (non-hydrogen) atoms. The molecular formula is C24H26F2N2O2S. The van der Waals surface area contributed by atoms with Gasteiger partial charge in [-0.2, -0.15) is 0 Å². The lowest BCUT2D eigenvalue weighted by Gasteiger charge is -2.30. The highest BCUT2D eigenvalue weighted by molar-refractivity contribution is 8.00. The van der Waals surface area contributed by atoms with Crippen molar-refractivity contribution in [2.45, 2.75) is 67.1 Å². The lowest BCUT2D eigenvalue weighted by Crippen LogP contribution is -2.30. The molecule has 1 N–H and O–H groups in total. The Balaban J connectivity index is 1.55. The summed E-state index contributed by atoms with van der Waals surface area (Å²) in [6, 6.07) is 8.06. The van der Waals surface area contributed by atoms with Gasteiger partial charge in [0.15, 0.2) is 0 Å². The van der Waals surface area contributed by atoms with Gasteiger partial charge in [-0.1, -0.05) is 6.42 Å². The highest BCUT2D eigenvalue weighted by Crippen LogP contribution is 2.43. The van der Waals surface area contributed by atoms with E-state index in [1.54, 1.807) is 17.8 Å². The Hall–Kier alpha value is -2.28. The van der Waals surface area contributed by atoms with Crippen LogP contribution in [0.2, 0.25) is 0 Å². The zero-order valence-electron chi connectivity index (χ0n) is 17.5. The summed E-state index contributed by atoms with van der Waals surface area (Å²) in [6.45, 7) is 0. The molecule has 1 aromatic carbocycles. The van der Waals surface area contributed by atoms with Crippen molar-refractivity contribution >= 4 is 22.7 Å². The summed E-state index contributed by atoms with van der Waals surface area (Å²) in [6.07, 6.45) is 7.55. The third-order valence-electron chi connectivity index (χ3n) is 6.45. The second kappa shape index (κ2) is 8.01. The number of aromatic nitrogens is 2. The molecule has 0 aliphatic heterocycles. The van der Waals surface area contributed by atoms with Crippen molar-refractivity contribution in [1.29, 1.82) is 0 Å². The minimum absolute atomic E-state index is 0.0827. The second-order valence-corrected chi connectivity index (χ2v) is 10.1. The van der Waals surface area contributed by atoms with Crippen molar-refractivity contribution in [3.8, 4) is 16.9 Å². The van der Waals surface area contributed by atoms with E-state index in [0.717, 1.165) is 16.5 Å². The molecule has 3 aromatic rings. The Kier molecular flexibility index (Phi) is 5.32. The van der Waals surface area contributed by atoms with E-state index in [-0.39, 0.29) is 24.5 Å². The van der Waals surface area contributed by atoms with Gasteiger partial charge in [0.25, 0.3) is 5.56 Å². The number of hydrogen-bond acceptors (Lipinski definition) is 3. The number of alkyl halides is 2. The maximum atomic E-state index is 13.6. The fourth-order valence-corrected chi connectivity index (χ4v) is 5.66. The monoisotopic (exact) mass is 444 g/mol. The van der Waals surface area contributed by atoms with Gasteiger partial charge >= 0.3 is 0 Å². The van der Waals surface area contributed by atoms with Crippen LogP contribution < -0.4 is 10.3 Å². The lowest BCUT2D eigenvalue weighted by atomic mass is 9.94.